The molecular weight excluding hydrogens is 458 g/mol. The zero-order valence-corrected chi connectivity index (χ0v) is 21.7. The van der Waals surface area contributed by atoms with Crippen LogP contribution in [0.2, 0.25) is 0 Å². The van der Waals surface area contributed by atoms with Gasteiger partial charge in [0.05, 0.1) is 7.11 Å². The Hall–Kier alpha value is -3.39. The number of nitrogens with zero attached hydrogens (tertiary/aromatic N) is 2. The van der Waals surface area contributed by atoms with Crippen molar-refractivity contribution < 1.29 is 23.9 Å². The molecule has 4 amide bonds. The lowest BCUT2D eigenvalue weighted by Crippen LogP contribution is -2.53. The summed E-state index contributed by atoms with van der Waals surface area (Å²) in [7, 11) is 1.57. The molecule has 2 saturated heterocycles. The van der Waals surface area contributed by atoms with Gasteiger partial charge in [-0.15, -0.1) is 0 Å². The van der Waals surface area contributed by atoms with Gasteiger partial charge >= 0.3 is 6.03 Å². The van der Waals surface area contributed by atoms with Gasteiger partial charge in [0.1, 0.15) is 17.8 Å². The number of rotatable bonds is 7. The van der Waals surface area contributed by atoms with E-state index in [1.807, 2.05) is 18.2 Å². The van der Waals surface area contributed by atoms with Crippen LogP contribution in [0, 0.1) is 0 Å². The van der Waals surface area contributed by atoms with Crippen molar-refractivity contribution in [2.45, 2.75) is 57.9 Å². The predicted molar refractivity (Wildman–Crippen MR) is 139 cm³/mol. The summed E-state index contributed by atoms with van der Waals surface area (Å²) in [6, 6.07) is 12.5. The van der Waals surface area contributed by atoms with Crippen molar-refractivity contribution in [3.63, 3.8) is 0 Å². The minimum Gasteiger partial charge on any atom is -0.497 e. The van der Waals surface area contributed by atoms with Crippen LogP contribution in [0.15, 0.2) is 42.5 Å². The first kappa shape index (κ1) is 25.7. The van der Waals surface area contributed by atoms with Crippen molar-refractivity contribution in [3.8, 4) is 5.75 Å². The number of nitrogens with one attached hydrogen (secondary N) is 1. The third kappa shape index (κ3) is 4.57. The van der Waals surface area contributed by atoms with Gasteiger partial charge in [-0.25, -0.2) is 4.79 Å². The molecule has 2 aliphatic heterocycles. The smallest absolute Gasteiger partial charge is 0.332 e. The van der Waals surface area contributed by atoms with Crippen LogP contribution in [0.5, 0.6) is 5.75 Å². The molecule has 0 aliphatic carbocycles. The third-order valence-corrected chi connectivity index (χ3v) is 7.08. The van der Waals surface area contributed by atoms with Crippen LogP contribution in [0.25, 0.3) is 0 Å². The number of benzene rings is 2. The number of hydrogen-bond acceptors (Lipinski definition) is 5. The van der Waals surface area contributed by atoms with Crippen LogP contribution < -0.4 is 15.0 Å². The second-order valence-corrected chi connectivity index (χ2v) is 10.0. The maximum atomic E-state index is 13.7. The van der Waals surface area contributed by atoms with Gasteiger partial charge in [0.15, 0.2) is 0 Å². The largest absolute Gasteiger partial charge is 0.497 e. The van der Waals surface area contributed by atoms with Crippen LogP contribution in [-0.4, -0.2) is 55.2 Å². The number of ether oxygens (including phenoxy) is 2. The lowest BCUT2D eigenvalue weighted by Gasteiger charge is -2.38. The Labute approximate surface area is 212 Å². The van der Waals surface area contributed by atoms with Gasteiger partial charge in [0.2, 0.25) is 5.91 Å². The van der Waals surface area contributed by atoms with E-state index in [2.05, 4.69) is 33.0 Å². The molecule has 8 heteroatoms. The number of urea groups is 1. The molecule has 1 spiro atoms. The number of amides is 4. The molecule has 4 rings (SSSR count). The van der Waals surface area contributed by atoms with Crippen molar-refractivity contribution in [3.05, 3.63) is 53.6 Å². The summed E-state index contributed by atoms with van der Waals surface area (Å²) in [6.45, 7) is 8.68. The SMILES string of the molecule is COc1ccc(N2C(=O)N(CC(=O)Nc3c(C(C)C)cccc3C(C)C)C(=O)C23CCOCC3)cc1. The van der Waals surface area contributed by atoms with Crippen LogP contribution in [0.4, 0.5) is 16.2 Å². The van der Waals surface area contributed by atoms with Gasteiger partial charge in [-0.3, -0.25) is 19.4 Å². The number of methoxy groups -OCH3 is 1. The Morgan fingerprint density at radius 3 is 2.11 bits per heavy atom. The zero-order valence-electron chi connectivity index (χ0n) is 21.7. The molecule has 2 heterocycles. The lowest BCUT2D eigenvalue weighted by atomic mass is 9.88. The zero-order chi connectivity index (χ0) is 26.0. The monoisotopic (exact) mass is 493 g/mol. The van der Waals surface area contributed by atoms with Crippen LogP contribution >= 0.6 is 0 Å². The Bertz CT molecular complexity index is 1110. The average Bonchev–Trinajstić information content (AvgIpc) is 3.05. The number of imide groups is 1. The molecule has 0 aromatic heterocycles. The van der Waals surface area contributed by atoms with Crippen LogP contribution in [-0.2, 0) is 14.3 Å². The molecule has 0 bridgehead atoms. The van der Waals surface area contributed by atoms with Gasteiger partial charge in [0.25, 0.3) is 5.91 Å². The minimum atomic E-state index is -1.07. The molecule has 0 saturated carbocycles. The highest BCUT2D eigenvalue weighted by molar-refractivity contribution is 6.18. The number of hydrogen-bond donors (Lipinski definition) is 1. The van der Waals surface area contributed by atoms with E-state index in [4.69, 9.17) is 9.47 Å². The number of anilines is 2. The van der Waals surface area contributed by atoms with Crippen molar-refractivity contribution in [1.29, 1.82) is 0 Å². The summed E-state index contributed by atoms with van der Waals surface area (Å²) in [6.07, 6.45) is 0.741. The van der Waals surface area contributed by atoms with Gasteiger partial charge in [0, 0.05) is 37.4 Å². The van der Waals surface area contributed by atoms with Crippen LogP contribution in [0.3, 0.4) is 0 Å². The molecule has 2 aromatic carbocycles. The highest BCUT2D eigenvalue weighted by Gasteiger charge is 2.58. The molecule has 36 heavy (non-hydrogen) atoms. The fraction of sp³-hybridized carbons (Fsp3) is 0.464. The lowest BCUT2D eigenvalue weighted by molar-refractivity contribution is -0.136. The molecule has 0 atom stereocenters. The van der Waals surface area contributed by atoms with E-state index in [-0.39, 0.29) is 24.3 Å². The van der Waals surface area contributed by atoms with E-state index in [1.165, 1.54) is 4.90 Å². The normalized spacial score (nSPS) is 17.4. The first-order valence-corrected chi connectivity index (χ1v) is 12.5. The van der Waals surface area contributed by atoms with Crippen molar-refractivity contribution >= 4 is 29.2 Å². The summed E-state index contributed by atoms with van der Waals surface area (Å²) in [5.41, 5.74) is 2.33. The first-order valence-electron chi connectivity index (χ1n) is 12.5. The van der Waals surface area contributed by atoms with Gasteiger partial charge < -0.3 is 14.8 Å². The summed E-state index contributed by atoms with van der Waals surface area (Å²) in [4.78, 5) is 43.3. The summed E-state index contributed by atoms with van der Waals surface area (Å²) in [5, 5.41) is 3.03. The molecule has 1 N–H and O–H groups in total. The van der Waals surface area contributed by atoms with Gasteiger partial charge in [-0.05, 0) is 47.2 Å². The highest BCUT2D eigenvalue weighted by atomic mass is 16.5. The van der Waals surface area contributed by atoms with E-state index in [9.17, 15) is 14.4 Å². The third-order valence-electron chi connectivity index (χ3n) is 7.08. The van der Waals surface area contributed by atoms with E-state index in [0.29, 0.717) is 37.5 Å². The minimum absolute atomic E-state index is 0.199. The Kier molecular flexibility index (Phi) is 7.36. The van der Waals surface area contributed by atoms with E-state index in [1.54, 1.807) is 31.4 Å². The summed E-state index contributed by atoms with van der Waals surface area (Å²) >= 11 is 0. The second kappa shape index (κ2) is 10.3. The van der Waals surface area contributed by atoms with E-state index < -0.39 is 17.5 Å². The second-order valence-electron chi connectivity index (χ2n) is 10.0. The Morgan fingerprint density at radius 2 is 1.58 bits per heavy atom. The maximum Gasteiger partial charge on any atom is 0.332 e. The Morgan fingerprint density at radius 1 is 1.00 bits per heavy atom. The predicted octanol–water partition coefficient (Wildman–Crippen LogP) is 4.90. The summed E-state index contributed by atoms with van der Waals surface area (Å²) in [5.74, 6) is 0.294. The topological polar surface area (TPSA) is 88.2 Å². The van der Waals surface area contributed by atoms with Crippen molar-refractivity contribution in [1.82, 2.24) is 4.90 Å². The number of carbonyl (C=O) groups is 3. The molecule has 0 unspecified atom stereocenters. The molecular formula is C28H35N3O5. The molecule has 2 fully saturated rings. The highest BCUT2D eigenvalue weighted by Crippen LogP contribution is 2.41. The molecule has 2 aliphatic rings. The summed E-state index contributed by atoms with van der Waals surface area (Å²) < 4.78 is 10.8. The molecule has 192 valence electrons. The molecule has 2 aromatic rings. The van der Waals surface area contributed by atoms with Crippen molar-refractivity contribution in [2.24, 2.45) is 0 Å². The molecule has 8 nitrogen and oxygen atoms in total. The van der Waals surface area contributed by atoms with Crippen LogP contribution in [0.1, 0.15) is 63.5 Å². The van der Waals surface area contributed by atoms with Gasteiger partial charge in [-0.2, -0.15) is 0 Å². The standard InChI is InChI=1S/C28H35N3O5/c1-18(2)22-7-6-8-23(19(3)4)25(22)29-24(32)17-30-26(33)28(13-15-36-16-14-28)31(27(30)34)20-9-11-21(35-5)12-10-20/h6-12,18-19H,13-17H2,1-5H3,(H,29,32). The van der Waals surface area contributed by atoms with Crippen molar-refractivity contribution in [2.75, 3.05) is 37.1 Å². The molecule has 0 radical (unpaired) electrons. The fourth-order valence-electron chi connectivity index (χ4n) is 5.13. The van der Waals surface area contributed by atoms with E-state index >= 15 is 0 Å². The number of carbonyl (C=O) groups excluding carboxylic acids is 3. The first-order chi connectivity index (χ1) is 17.2. The average molecular weight is 494 g/mol. The Balaban J connectivity index is 1.64. The number of para-hydroxylation sites is 1. The maximum absolute atomic E-state index is 13.7. The fourth-order valence-corrected chi connectivity index (χ4v) is 5.13. The quantitative estimate of drug-likeness (QED) is 0.555. The van der Waals surface area contributed by atoms with E-state index in [0.717, 1.165) is 21.7 Å². The van der Waals surface area contributed by atoms with Gasteiger partial charge in [-0.1, -0.05) is 45.9 Å².